The fourth-order valence-corrected chi connectivity index (χ4v) is 1.55. The molecule has 18 heavy (non-hydrogen) atoms. The van der Waals surface area contributed by atoms with Gasteiger partial charge in [-0.3, -0.25) is 9.59 Å². The number of nitrogens with zero attached hydrogens (tertiary/aromatic N) is 1. The summed E-state index contributed by atoms with van der Waals surface area (Å²) in [7, 11) is 7.65. The van der Waals surface area contributed by atoms with Crippen molar-refractivity contribution < 1.29 is 14.1 Å². The van der Waals surface area contributed by atoms with E-state index in [1.54, 1.807) is 20.0 Å². The fourth-order valence-electron chi connectivity index (χ4n) is 1.55. The van der Waals surface area contributed by atoms with Gasteiger partial charge in [-0.05, 0) is 19.1 Å². The normalized spacial score (nSPS) is 13.7. The Kier molecular flexibility index (Phi) is 6.33. The highest BCUT2D eigenvalue weighted by Gasteiger charge is 2.18. The van der Waals surface area contributed by atoms with Crippen LogP contribution in [0.3, 0.4) is 0 Å². The van der Waals surface area contributed by atoms with Gasteiger partial charge in [-0.25, -0.2) is 0 Å². The molecule has 1 unspecified atom stereocenters. The first-order chi connectivity index (χ1) is 8.19. The van der Waals surface area contributed by atoms with Gasteiger partial charge in [0, 0.05) is 12.6 Å². The van der Waals surface area contributed by atoms with Crippen LogP contribution in [0.25, 0.3) is 0 Å². The second-order valence-electron chi connectivity index (χ2n) is 5.22. The zero-order valence-electron chi connectivity index (χ0n) is 11.9. The minimum Gasteiger partial charge on any atom is -0.355 e. The van der Waals surface area contributed by atoms with Crippen molar-refractivity contribution in [2.24, 2.45) is 0 Å². The third-order valence-corrected chi connectivity index (χ3v) is 2.29. The van der Waals surface area contributed by atoms with Crippen molar-refractivity contribution >= 4 is 11.8 Å². The molecule has 5 heteroatoms. The number of amides is 2. The van der Waals surface area contributed by atoms with Crippen LogP contribution in [0.1, 0.15) is 6.92 Å². The van der Waals surface area contributed by atoms with Gasteiger partial charge >= 0.3 is 0 Å². The Hall–Kier alpha value is -1.62. The van der Waals surface area contributed by atoms with Gasteiger partial charge in [-0.1, -0.05) is 6.58 Å². The number of likely N-dealkylation sites (N-methyl/N-ethyl adjacent to an activating group) is 2. The molecule has 5 nitrogen and oxygen atoms in total. The number of quaternary nitrogens is 1. The SMILES string of the molecule is C=CC(=O)NC(C=C(C)C(=O)NC)C[N+](C)(C)C. The highest BCUT2D eigenvalue weighted by atomic mass is 16.2. The first kappa shape index (κ1) is 16.4. The molecule has 2 N–H and O–H groups in total. The molecule has 0 aliphatic carbocycles. The van der Waals surface area contributed by atoms with Crippen molar-refractivity contribution in [2.45, 2.75) is 13.0 Å². The lowest BCUT2D eigenvalue weighted by molar-refractivity contribution is -0.870. The maximum atomic E-state index is 11.5. The molecular formula is C13H24N3O2+. The summed E-state index contributed by atoms with van der Waals surface area (Å²) < 4.78 is 0.680. The zero-order chi connectivity index (χ0) is 14.3. The molecule has 0 saturated carbocycles. The number of carbonyl (C=O) groups excluding carboxylic acids is 2. The van der Waals surface area contributed by atoms with Gasteiger partial charge in [-0.2, -0.15) is 0 Å². The molecule has 0 heterocycles. The van der Waals surface area contributed by atoms with Gasteiger partial charge in [0.1, 0.15) is 6.54 Å². The van der Waals surface area contributed by atoms with Crippen LogP contribution in [-0.4, -0.2) is 57.1 Å². The van der Waals surface area contributed by atoms with Gasteiger partial charge in [0.05, 0.1) is 27.2 Å². The fraction of sp³-hybridized carbons (Fsp3) is 0.538. The van der Waals surface area contributed by atoms with Gasteiger partial charge in [0.15, 0.2) is 0 Å². The van der Waals surface area contributed by atoms with Crippen LogP contribution in [0.5, 0.6) is 0 Å². The zero-order valence-corrected chi connectivity index (χ0v) is 11.9. The lowest BCUT2D eigenvalue weighted by Gasteiger charge is -2.28. The Balaban J connectivity index is 4.92. The van der Waals surface area contributed by atoms with Gasteiger partial charge in [-0.15, -0.1) is 0 Å². The molecule has 102 valence electrons. The molecule has 0 aliphatic rings. The molecule has 2 amide bonds. The molecule has 0 spiro atoms. The molecular weight excluding hydrogens is 230 g/mol. The Morgan fingerprint density at radius 1 is 1.33 bits per heavy atom. The number of hydrogen-bond acceptors (Lipinski definition) is 2. The number of nitrogens with one attached hydrogen (secondary N) is 2. The first-order valence-electron chi connectivity index (χ1n) is 5.83. The molecule has 0 aromatic rings. The second kappa shape index (κ2) is 6.96. The van der Waals surface area contributed by atoms with Crippen LogP contribution < -0.4 is 10.6 Å². The summed E-state index contributed by atoms with van der Waals surface area (Å²) in [6.45, 7) is 5.84. The monoisotopic (exact) mass is 254 g/mol. The quantitative estimate of drug-likeness (QED) is 0.520. The summed E-state index contributed by atoms with van der Waals surface area (Å²) >= 11 is 0. The van der Waals surface area contributed by atoms with Crippen molar-refractivity contribution in [1.82, 2.24) is 10.6 Å². The highest BCUT2D eigenvalue weighted by Crippen LogP contribution is 2.02. The molecule has 0 aliphatic heterocycles. The maximum absolute atomic E-state index is 11.5. The highest BCUT2D eigenvalue weighted by molar-refractivity contribution is 5.93. The smallest absolute Gasteiger partial charge is 0.246 e. The summed E-state index contributed by atoms with van der Waals surface area (Å²) in [5.41, 5.74) is 0.584. The van der Waals surface area contributed by atoms with Crippen LogP contribution in [0.15, 0.2) is 24.3 Å². The van der Waals surface area contributed by atoms with E-state index in [2.05, 4.69) is 17.2 Å². The second-order valence-corrected chi connectivity index (χ2v) is 5.22. The van der Waals surface area contributed by atoms with Gasteiger partial charge in [0.25, 0.3) is 0 Å². The number of rotatable bonds is 6. The molecule has 0 radical (unpaired) electrons. The average Bonchev–Trinajstić information content (AvgIpc) is 2.25. The predicted molar refractivity (Wildman–Crippen MR) is 72.9 cm³/mol. The van der Waals surface area contributed by atoms with Crippen molar-refractivity contribution in [2.75, 3.05) is 34.7 Å². The molecule has 1 atom stereocenters. The summed E-state index contributed by atoms with van der Waals surface area (Å²) in [5.74, 6) is -0.385. The standard InChI is InChI=1S/C13H23N3O2/c1-7-12(17)15-11(9-16(4,5)6)8-10(2)13(18)14-3/h7-8,11H,1,9H2,2-6H3,(H-,14,15,17,18)/p+1. The van der Waals surface area contributed by atoms with Gasteiger partial charge < -0.3 is 15.1 Å². The van der Waals surface area contributed by atoms with Crippen molar-refractivity contribution in [3.05, 3.63) is 24.3 Å². The molecule has 0 bridgehead atoms. The Labute approximate surface area is 109 Å². The largest absolute Gasteiger partial charge is 0.355 e. The van der Waals surface area contributed by atoms with Crippen molar-refractivity contribution in [1.29, 1.82) is 0 Å². The van der Waals surface area contributed by atoms with Gasteiger partial charge in [0.2, 0.25) is 11.8 Å². The predicted octanol–water partition coefficient (Wildman–Crippen LogP) is 0.0557. The van der Waals surface area contributed by atoms with Crippen molar-refractivity contribution in [3.63, 3.8) is 0 Å². The van der Waals surface area contributed by atoms with Crippen LogP contribution in [0.4, 0.5) is 0 Å². The van der Waals surface area contributed by atoms with Crippen LogP contribution in [0.2, 0.25) is 0 Å². The molecule has 0 aromatic carbocycles. The van der Waals surface area contributed by atoms with Crippen LogP contribution in [-0.2, 0) is 9.59 Å². The van der Waals surface area contributed by atoms with E-state index < -0.39 is 0 Å². The minimum absolute atomic E-state index is 0.144. The van der Waals surface area contributed by atoms with E-state index in [0.717, 1.165) is 0 Å². The summed E-state index contributed by atoms with van der Waals surface area (Å²) in [6.07, 6.45) is 3.00. The third kappa shape index (κ3) is 6.85. The molecule has 0 saturated heterocycles. The van der Waals surface area contributed by atoms with E-state index in [0.29, 0.717) is 16.6 Å². The number of carbonyl (C=O) groups is 2. The lowest BCUT2D eigenvalue weighted by atomic mass is 10.1. The van der Waals surface area contributed by atoms with Crippen molar-refractivity contribution in [3.8, 4) is 0 Å². The van der Waals surface area contributed by atoms with E-state index in [1.807, 2.05) is 21.1 Å². The minimum atomic E-state index is -0.241. The third-order valence-electron chi connectivity index (χ3n) is 2.29. The Bertz CT molecular complexity index is 354. The van der Waals surface area contributed by atoms with E-state index >= 15 is 0 Å². The summed E-state index contributed by atoms with van der Waals surface area (Å²) in [5, 5.41) is 5.36. The van der Waals surface area contributed by atoms with Crippen LogP contribution >= 0.6 is 0 Å². The van der Waals surface area contributed by atoms with E-state index in [1.165, 1.54) is 6.08 Å². The molecule has 0 rings (SSSR count). The van der Waals surface area contributed by atoms with E-state index in [9.17, 15) is 9.59 Å². The number of hydrogen-bond donors (Lipinski definition) is 2. The molecule has 0 aromatic heterocycles. The lowest BCUT2D eigenvalue weighted by Crippen LogP contribution is -2.48. The van der Waals surface area contributed by atoms with E-state index in [4.69, 9.17) is 0 Å². The Morgan fingerprint density at radius 3 is 2.28 bits per heavy atom. The van der Waals surface area contributed by atoms with Crippen LogP contribution in [0, 0.1) is 0 Å². The summed E-state index contributed by atoms with van der Waals surface area (Å²) in [4.78, 5) is 22.8. The maximum Gasteiger partial charge on any atom is 0.246 e. The Morgan fingerprint density at radius 2 is 1.89 bits per heavy atom. The van der Waals surface area contributed by atoms with E-state index in [-0.39, 0.29) is 17.9 Å². The molecule has 0 fully saturated rings. The average molecular weight is 254 g/mol. The topological polar surface area (TPSA) is 58.2 Å². The summed E-state index contributed by atoms with van der Waals surface area (Å²) in [6, 6.07) is -0.201. The first-order valence-corrected chi connectivity index (χ1v) is 5.83.